The van der Waals surface area contributed by atoms with Gasteiger partial charge in [0.2, 0.25) is 0 Å². The Kier molecular flexibility index (Phi) is 3.51. The van der Waals surface area contributed by atoms with Crippen molar-refractivity contribution >= 4 is 16.7 Å². The van der Waals surface area contributed by atoms with E-state index in [1.807, 2.05) is 72.8 Å². The van der Waals surface area contributed by atoms with Crippen molar-refractivity contribution in [1.29, 1.82) is 5.41 Å². The lowest BCUT2D eigenvalue weighted by Crippen LogP contribution is -2.10. The standard InChI is InChI=1S/C21H17N3O/c22-21(23)15-10-9-14-11-19(24-18(14)12-15)17-8-4-7-16(20(17)25)13-5-2-1-3-6-13/h1-12,24-25H,(H3,22,23). The fourth-order valence-electron chi connectivity index (χ4n) is 3.05. The van der Waals surface area contributed by atoms with Gasteiger partial charge >= 0.3 is 0 Å². The first-order valence-corrected chi connectivity index (χ1v) is 7.98. The number of phenolic OH excluding ortho intramolecular Hbond substituents is 1. The number of nitrogen functional groups attached to an aromatic ring is 1. The second-order valence-electron chi connectivity index (χ2n) is 5.97. The molecule has 4 nitrogen and oxygen atoms in total. The average molecular weight is 327 g/mol. The first-order chi connectivity index (χ1) is 12.1. The second-order valence-corrected chi connectivity index (χ2v) is 5.97. The van der Waals surface area contributed by atoms with Gasteiger partial charge in [-0.2, -0.15) is 0 Å². The van der Waals surface area contributed by atoms with E-state index in [1.165, 1.54) is 0 Å². The van der Waals surface area contributed by atoms with Crippen LogP contribution in [0.25, 0.3) is 33.3 Å². The van der Waals surface area contributed by atoms with E-state index >= 15 is 0 Å². The van der Waals surface area contributed by atoms with E-state index in [-0.39, 0.29) is 11.6 Å². The molecule has 0 atom stereocenters. The Bertz CT molecular complexity index is 1080. The van der Waals surface area contributed by atoms with Crippen LogP contribution < -0.4 is 5.73 Å². The molecule has 0 aliphatic rings. The normalized spacial score (nSPS) is 10.9. The van der Waals surface area contributed by atoms with Gasteiger partial charge in [-0.25, -0.2) is 0 Å². The largest absolute Gasteiger partial charge is 0.507 e. The summed E-state index contributed by atoms with van der Waals surface area (Å²) < 4.78 is 0. The van der Waals surface area contributed by atoms with E-state index < -0.39 is 0 Å². The van der Waals surface area contributed by atoms with Gasteiger partial charge in [0.1, 0.15) is 11.6 Å². The summed E-state index contributed by atoms with van der Waals surface area (Å²) in [5, 5.41) is 19.4. The van der Waals surface area contributed by atoms with E-state index in [0.29, 0.717) is 5.56 Å². The molecule has 0 aliphatic carbocycles. The molecule has 1 heterocycles. The Hall–Kier alpha value is -3.53. The predicted molar refractivity (Wildman–Crippen MR) is 102 cm³/mol. The number of benzene rings is 3. The molecule has 25 heavy (non-hydrogen) atoms. The fourth-order valence-corrected chi connectivity index (χ4v) is 3.05. The van der Waals surface area contributed by atoms with Crippen LogP contribution in [0.3, 0.4) is 0 Å². The number of aromatic nitrogens is 1. The minimum absolute atomic E-state index is 0.0342. The summed E-state index contributed by atoms with van der Waals surface area (Å²) in [5.74, 6) is 0.277. The van der Waals surface area contributed by atoms with Crippen molar-refractivity contribution in [2.75, 3.05) is 0 Å². The van der Waals surface area contributed by atoms with Crippen molar-refractivity contribution < 1.29 is 5.11 Å². The number of hydrogen-bond acceptors (Lipinski definition) is 2. The van der Waals surface area contributed by atoms with Crippen LogP contribution in [-0.2, 0) is 0 Å². The topological polar surface area (TPSA) is 85.9 Å². The molecule has 4 rings (SSSR count). The van der Waals surface area contributed by atoms with Gasteiger partial charge in [-0.1, -0.05) is 54.6 Å². The molecule has 0 bridgehead atoms. The molecule has 4 heteroatoms. The minimum Gasteiger partial charge on any atom is -0.507 e. The van der Waals surface area contributed by atoms with E-state index in [9.17, 15) is 5.11 Å². The number of aromatic hydroxyl groups is 1. The zero-order valence-corrected chi connectivity index (χ0v) is 13.5. The Morgan fingerprint density at radius 1 is 0.880 bits per heavy atom. The maximum absolute atomic E-state index is 10.8. The molecule has 0 saturated heterocycles. The molecule has 0 saturated carbocycles. The van der Waals surface area contributed by atoms with Gasteiger partial charge in [-0.15, -0.1) is 0 Å². The molecule has 5 N–H and O–H groups in total. The Balaban J connectivity index is 1.85. The van der Waals surface area contributed by atoms with Gasteiger partial charge in [0.25, 0.3) is 0 Å². The van der Waals surface area contributed by atoms with Crippen LogP contribution in [0.15, 0.2) is 72.8 Å². The van der Waals surface area contributed by atoms with Crippen molar-refractivity contribution in [2.45, 2.75) is 0 Å². The van der Waals surface area contributed by atoms with Gasteiger partial charge in [-0.05, 0) is 23.8 Å². The first kappa shape index (κ1) is 15.0. The van der Waals surface area contributed by atoms with Gasteiger partial charge in [0.15, 0.2) is 0 Å². The monoisotopic (exact) mass is 327 g/mol. The Morgan fingerprint density at radius 2 is 1.64 bits per heavy atom. The van der Waals surface area contributed by atoms with Crippen LogP contribution in [0.4, 0.5) is 0 Å². The zero-order valence-electron chi connectivity index (χ0n) is 13.5. The number of rotatable bonds is 3. The summed E-state index contributed by atoms with van der Waals surface area (Å²) in [6.45, 7) is 0. The number of fused-ring (bicyclic) bond motifs is 1. The number of nitrogens with one attached hydrogen (secondary N) is 2. The number of hydrogen-bond donors (Lipinski definition) is 4. The smallest absolute Gasteiger partial charge is 0.132 e. The van der Waals surface area contributed by atoms with Crippen molar-refractivity contribution in [2.24, 2.45) is 5.73 Å². The van der Waals surface area contributed by atoms with Crippen molar-refractivity contribution in [3.8, 4) is 28.1 Å². The summed E-state index contributed by atoms with van der Waals surface area (Å²) in [5.41, 5.74) is 10.4. The molecule has 0 fully saturated rings. The highest BCUT2D eigenvalue weighted by Crippen LogP contribution is 2.38. The number of amidine groups is 1. The highest BCUT2D eigenvalue weighted by atomic mass is 16.3. The summed E-state index contributed by atoms with van der Waals surface area (Å²) >= 11 is 0. The number of H-pyrrole nitrogens is 1. The molecule has 1 aromatic heterocycles. The van der Waals surface area contributed by atoms with Crippen molar-refractivity contribution in [1.82, 2.24) is 4.98 Å². The average Bonchev–Trinajstić information content (AvgIpc) is 3.05. The summed E-state index contributed by atoms with van der Waals surface area (Å²) in [7, 11) is 0. The van der Waals surface area contributed by atoms with Crippen molar-refractivity contribution in [3.05, 3.63) is 78.4 Å². The fraction of sp³-hybridized carbons (Fsp3) is 0. The highest BCUT2D eigenvalue weighted by molar-refractivity contribution is 5.99. The molecule has 0 amide bonds. The second kappa shape index (κ2) is 5.83. The van der Waals surface area contributed by atoms with Crippen LogP contribution in [0.5, 0.6) is 5.75 Å². The molecule has 0 aliphatic heterocycles. The Morgan fingerprint density at radius 3 is 2.40 bits per heavy atom. The summed E-state index contributed by atoms with van der Waals surface area (Å²) in [6, 6.07) is 23.1. The van der Waals surface area contributed by atoms with Crippen LogP contribution in [0.2, 0.25) is 0 Å². The molecule has 122 valence electrons. The molecule has 0 radical (unpaired) electrons. The minimum atomic E-state index is 0.0342. The third kappa shape index (κ3) is 2.64. The van der Waals surface area contributed by atoms with E-state index in [2.05, 4.69) is 4.98 Å². The SMILES string of the molecule is N=C(N)c1ccc2cc(-c3cccc(-c4ccccc4)c3O)[nH]c2c1. The van der Waals surface area contributed by atoms with Crippen LogP contribution >= 0.6 is 0 Å². The van der Waals surface area contributed by atoms with E-state index in [1.54, 1.807) is 0 Å². The predicted octanol–water partition coefficient (Wildman–Crippen LogP) is 4.49. The molecule has 3 aromatic carbocycles. The molecular formula is C21H17N3O. The number of phenols is 1. The van der Waals surface area contributed by atoms with Crippen LogP contribution in [-0.4, -0.2) is 15.9 Å². The molecule has 4 aromatic rings. The van der Waals surface area contributed by atoms with Gasteiger partial charge < -0.3 is 15.8 Å². The highest BCUT2D eigenvalue weighted by Gasteiger charge is 2.13. The third-order valence-electron chi connectivity index (χ3n) is 4.34. The quantitative estimate of drug-likeness (QED) is 0.330. The van der Waals surface area contributed by atoms with E-state index in [4.69, 9.17) is 11.1 Å². The lowest BCUT2D eigenvalue weighted by molar-refractivity contribution is 0.479. The Labute approximate surface area is 145 Å². The van der Waals surface area contributed by atoms with Crippen LogP contribution in [0, 0.1) is 5.41 Å². The third-order valence-corrected chi connectivity index (χ3v) is 4.34. The number of para-hydroxylation sites is 1. The molecular weight excluding hydrogens is 310 g/mol. The van der Waals surface area contributed by atoms with Crippen molar-refractivity contribution in [3.63, 3.8) is 0 Å². The lowest BCUT2D eigenvalue weighted by Gasteiger charge is -2.09. The van der Waals surface area contributed by atoms with Gasteiger partial charge in [0, 0.05) is 27.6 Å². The van der Waals surface area contributed by atoms with Gasteiger partial charge in [-0.3, -0.25) is 5.41 Å². The summed E-state index contributed by atoms with van der Waals surface area (Å²) in [4.78, 5) is 3.31. The van der Waals surface area contributed by atoms with Crippen LogP contribution in [0.1, 0.15) is 5.56 Å². The zero-order chi connectivity index (χ0) is 17.4. The number of aromatic amines is 1. The maximum Gasteiger partial charge on any atom is 0.132 e. The molecule has 0 spiro atoms. The van der Waals surface area contributed by atoms with E-state index in [0.717, 1.165) is 33.3 Å². The molecule has 0 unspecified atom stereocenters. The lowest BCUT2D eigenvalue weighted by atomic mass is 10.00. The maximum atomic E-state index is 10.8. The summed E-state index contributed by atoms with van der Waals surface area (Å²) in [6.07, 6.45) is 0. The first-order valence-electron chi connectivity index (χ1n) is 7.98. The number of nitrogens with two attached hydrogens (primary N) is 1. The van der Waals surface area contributed by atoms with Gasteiger partial charge in [0.05, 0.1) is 5.69 Å².